The maximum Gasteiger partial charge on any atom is 0.0537 e. The first-order valence-corrected chi connectivity index (χ1v) is 8.10. The summed E-state index contributed by atoms with van der Waals surface area (Å²) in [5.41, 5.74) is 1.34. The Morgan fingerprint density at radius 2 is 2.05 bits per heavy atom. The van der Waals surface area contributed by atoms with E-state index in [4.69, 9.17) is 0 Å². The molecule has 1 saturated heterocycles. The molecule has 114 valence electrons. The molecular formula is C16H30N4. The van der Waals surface area contributed by atoms with Gasteiger partial charge in [0, 0.05) is 36.9 Å². The van der Waals surface area contributed by atoms with E-state index >= 15 is 0 Å². The number of aromatic nitrogens is 2. The van der Waals surface area contributed by atoms with Gasteiger partial charge in [-0.1, -0.05) is 0 Å². The van der Waals surface area contributed by atoms with Gasteiger partial charge >= 0.3 is 0 Å². The Morgan fingerprint density at radius 1 is 1.35 bits per heavy atom. The van der Waals surface area contributed by atoms with Crippen LogP contribution >= 0.6 is 0 Å². The fraction of sp³-hybridized carbons (Fsp3) is 0.812. The second kappa shape index (κ2) is 7.23. The molecule has 0 spiro atoms. The lowest BCUT2D eigenvalue weighted by Gasteiger charge is -2.36. The molecule has 1 unspecified atom stereocenters. The third-order valence-electron chi connectivity index (χ3n) is 4.55. The summed E-state index contributed by atoms with van der Waals surface area (Å²) < 4.78 is 2.02. The molecule has 0 radical (unpaired) electrons. The molecule has 2 rings (SSSR count). The maximum absolute atomic E-state index is 4.42. The Labute approximate surface area is 123 Å². The molecule has 0 bridgehead atoms. The van der Waals surface area contributed by atoms with Gasteiger partial charge in [0.05, 0.1) is 6.20 Å². The molecule has 1 aromatic heterocycles. The molecular weight excluding hydrogens is 248 g/mol. The van der Waals surface area contributed by atoms with Crippen molar-refractivity contribution in [2.24, 2.45) is 5.92 Å². The Morgan fingerprint density at radius 3 is 2.60 bits per heavy atom. The largest absolute Gasteiger partial charge is 0.317 e. The highest BCUT2D eigenvalue weighted by molar-refractivity contribution is 5.10. The molecule has 1 atom stereocenters. The average Bonchev–Trinajstić information content (AvgIpc) is 2.94. The van der Waals surface area contributed by atoms with E-state index in [0.29, 0.717) is 12.1 Å². The molecule has 1 aliphatic rings. The molecule has 1 aliphatic heterocycles. The molecule has 0 aliphatic carbocycles. The van der Waals surface area contributed by atoms with Crippen LogP contribution in [0.3, 0.4) is 0 Å². The highest BCUT2D eigenvalue weighted by Crippen LogP contribution is 2.25. The van der Waals surface area contributed by atoms with Crippen molar-refractivity contribution < 1.29 is 0 Å². The number of hydrogen-bond acceptors (Lipinski definition) is 3. The van der Waals surface area contributed by atoms with Crippen molar-refractivity contribution in [1.29, 1.82) is 0 Å². The van der Waals surface area contributed by atoms with E-state index in [1.165, 1.54) is 38.0 Å². The van der Waals surface area contributed by atoms with Gasteiger partial charge in [-0.05, 0) is 59.5 Å². The van der Waals surface area contributed by atoms with Crippen molar-refractivity contribution in [2.75, 3.05) is 19.6 Å². The second-order valence-corrected chi connectivity index (χ2v) is 6.29. The molecule has 1 N–H and O–H groups in total. The zero-order chi connectivity index (χ0) is 14.5. The fourth-order valence-electron chi connectivity index (χ4n) is 3.14. The summed E-state index contributed by atoms with van der Waals surface area (Å²) in [6.45, 7) is 13.6. The van der Waals surface area contributed by atoms with E-state index < -0.39 is 0 Å². The molecule has 0 amide bonds. The van der Waals surface area contributed by atoms with Gasteiger partial charge in [-0.25, -0.2) is 0 Å². The van der Waals surface area contributed by atoms with Crippen LogP contribution in [-0.2, 0) is 6.54 Å². The molecule has 1 fully saturated rings. The monoisotopic (exact) mass is 278 g/mol. The topological polar surface area (TPSA) is 33.1 Å². The minimum absolute atomic E-state index is 0.449. The Kier molecular flexibility index (Phi) is 5.61. The summed E-state index contributed by atoms with van der Waals surface area (Å²) in [4.78, 5) is 2.63. The predicted molar refractivity (Wildman–Crippen MR) is 83.8 cm³/mol. The highest BCUT2D eigenvalue weighted by atomic mass is 15.3. The molecule has 4 nitrogen and oxygen atoms in total. The predicted octanol–water partition coefficient (Wildman–Crippen LogP) is 2.67. The summed E-state index contributed by atoms with van der Waals surface area (Å²) in [5, 5.41) is 7.88. The lowest BCUT2D eigenvalue weighted by atomic mass is 9.95. The molecule has 20 heavy (non-hydrogen) atoms. The zero-order valence-electron chi connectivity index (χ0n) is 13.5. The summed E-state index contributed by atoms with van der Waals surface area (Å²) in [5.74, 6) is 0.835. The molecule has 2 heterocycles. The van der Waals surface area contributed by atoms with Gasteiger partial charge in [-0.2, -0.15) is 5.10 Å². The van der Waals surface area contributed by atoms with Gasteiger partial charge in [0.2, 0.25) is 0 Å². The van der Waals surface area contributed by atoms with E-state index in [0.717, 1.165) is 12.5 Å². The maximum atomic E-state index is 4.42. The van der Waals surface area contributed by atoms with Gasteiger partial charge in [-0.3, -0.25) is 9.58 Å². The third-order valence-corrected chi connectivity index (χ3v) is 4.55. The first-order chi connectivity index (χ1) is 9.61. The van der Waals surface area contributed by atoms with Crippen LogP contribution in [0, 0.1) is 5.92 Å². The number of hydrogen-bond donors (Lipinski definition) is 1. The van der Waals surface area contributed by atoms with Crippen LogP contribution in [0.4, 0.5) is 0 Å². The van der Waals surface area contributed by atoms with Crippen molar-refractivity contribution in [3.05, 3.63) is 18.0 Å². The third kappa shape index (κ3) is 3.83. The Bertz CT molecular complexity index is 393. The highest BCUT2D eigenvalue weighted by Gasteiger charge is 2.24. The summed E-state index contributed by atoms with van der Waals surface area (Å²) >= 11 is 0. The van der Waals surface area contributed by atoms with Crippen molar-refractivity contribution >= 4 is 0 Å². The lowest BCUT2D eigenvalue weighted by molar-refractivity contribution is 0.125. The van der Waals surface area contributed by atoms with Gasteiger partial charge < -0.3 is 5.32 Å². The number of rotatable bonds is 6. The molecule has 4 heteroatoms. The number of aryl methyl sites for hydroxylation is 1. The first-order valence-electron chi connectivity index (χ1n) is 8.10. The van der Waals surface area contributed by atoms with E-state index in [1.54, 1.807) is 0 Å². The molecule has 0 aromatic carbocycles. The normalized spacial score (nSPS) is 18.9. The Hall–Kier alpha value is -0.870. The van der Waals surface area contributed by atoms with Crippen LogP contribution in [0.2, 0.25) is 0 Å². The van der Waals surface area contributed by atoms with Crippen molar-refractivity contribution in [3.63, 3.8) is 0 Å². The molecule has 1 aromatic rings. The number of piperidine rings is 1. The molecule has 0 saturated carbocycles. The van der Waals surface area contributed by atoms with Gasteiger partial charge in [0.1, 0.15) is 0 Å². The van der Waals surface area contributed by atoms with Crippen LogP contribution in [0.25, 0.3) is 0 Å². The Balaban J connectivity index is 2.02. The van der Waals surface area contributed by atoms with E-state index in [-0.39, 0.29) is 0 Å². The first kappa shape index (κ1) is 15.5. The summed E-state index contributed by atoms with van der Waals surface area (Å²) in [7, 11) is 0. The van der Waals surface area contributed by atoms with Crippen LogP contribution in [0.1, 0.15) is 52.1 Å². The van der Waals surface area contributed by atoms with Gasteiger partial charge in [0.25, 0.3) is 0 Å². The number of nitrogens with zero attached hydrogens (tertiary/aromatic N) is 3. The van der Waals surface area contributed by atoms with Crippen LogP contribution in [-0.4, -0.2) is 40.4 Å². The summed E-state index contributed by atoms with van der Waals surface area (Å²) in [6.07, 6.45) is 6.85. The second-order valence-electron chi connectivity index (χ2n) is 6.29. The number of nitrogens with one attached hydrogen (secondary N) is 1. The van der Waals surface area contributed by atoms with Crippen LogP contribution in [0.5, 0.6) is 0 Å². The quantitative estimate of drug-likeness (QED) is 0.868. The average molecular weight is 278 g/mol. The van der Waals surface area contributed by atoms with Crippen molar-refractivity contribution in [2.45, 2.75) is 59.2 Å². The van der Waals surface area contributed by atoms with Crippen LogP contribution in [0.15, 0.2) is 12.4 Å². The smallest absolute Gasteiger partial charge is 0.0537 e. The van der Waals surface area contributed by atoms with E-state index in [9.17, 15) is 0 Å². The minimum atomic E-state index is 0.449. The SMILES string of the molecule is CCn1cc(C(C)N(CC2CCNCC2)C(C)C)cn1. The summed E-state index contributed by atoms with van der Waals surface area (Å²) in [6, 6.07) is 1.02. The van der Waals surface area contributed by atoms with Crippen LogP contribution < -0.4 is 5.32 Å². The van der Waals surface area contributed by atoms with E-state index in [1.807, 2.05) is 10.9 Å². The van der Waals surface area contributed by atoms with Crippen molar-refractivity contribution in [1.82, 2.24) is 20.0 Å². The lowest BCUT2D eigenvalue weighted by Crippen LogP contribution is -2.40. The minimum Gasteiger partial charge on any atom is -0.317 e. The van der Waals surface area contributed by atoms with Gasteiger partial charge in [-0.15, -0.1) is 0 Å². The fourth-order valence-corrected chi connectivity index (χ4v) is 3.14. The van der Waals surface area contributed by atoms with Crippen molar-refractivity contribution in [3.8, 4) is 0 Å². The van der Waals surface area contributed by atoms with Gasteiger partial charge in [0.15, 0.2) is 0 Å². The zero-order valence-corrected chi connectivity index (χ0v) is 13.5. The van der Waals surface area contributed by atoms with E-state index in [2.05, 4.69) is 49.2 Å². The standard InChI is InChI=1S/C16H30N4/c1-5-19-12-16(10-18-19)14(4)20(13(2)3)11-15-6-8-17-9-7-15/h10,12-15,17H,5-9,11H2,1-4H3.